The van der Waals surface area contributed by atoms with Crippen LogP contribution in [0.1, 0.15) is 18.4 Å². The van der Waals surface area contributed by atoms with Crippen molar-refractivity contribution in [2.24, 2.45) is 5.92 Å². The number of rotatable bonds is 3. The van der Waals surface area contributed by atoms with Crippen LogP contribution in [0, 0.1) is 5.92 Å². The molecule has 1 unspecified atom stereocenters. The Balaban J connectivity index is 1.79. The van der Waals surface area contributed by atoms with Gasteiger partial charge in [-0.2, -0.15) is 0 Å². The summed E-state index contributed by atoms with van der Waals surface area (Å²) >= 11 is 0. The number of nitrogens with zero attached hydrogens (tertiary/aromatic N) is 2. The summed E-state index contributed by atoms with van der Waals surface area (Å²) in [7, 11) is -6.56. The third kappa shape index (κ3) is 3.06. The molecule has 0 spiro atoms. The molecule has 116 valence electrons. The normalized spacial score (nSPS) is 24.8. The van der Waals surface area contributed by atoms with Crippen LogP contribution in [0.5, 0.6) is 0 Å². The summed E-state index contributed by atoms with van der Waals surface area (Å²) in [5.74, 6) is -0.210. The molecule has 0 aromatic carbocycles. The first kappa shape index (κ1) is 14.8. The highest BCUT2D eigenvalue weighted by Crippen LogP contribution is 2.31. The molecule has 8 heteroatoms. The van der Waals surface area contributed by atoms with Gasteiger partial charge in [0.05, 0.1) is 22.9 Å². The van der Waals surface area contributed by atoms with Gasteiger partial charge in [0.15, 0.2) is 9.84 Å². The Morgan fingerprint density at radius 3 is 2.95 bits per heavy atom. The molecule has 2 aliphatic rings. The van der Waals surface area contributed by atoms with E-state index in [-0.39, 0.29) is 23.2 Å². The molecule has 0 N–H and O–H groups in total. The molecule has 0 radical (unpaired) electrons. The predicted molar refractivity (Wildman–Crippen MR) is 80.5 cm³/mol. The lowest BCUT2D eigenvalue weighted by atomic mass is 10.1. The SMILES string of the molecule is O=S1(=O)CCCC(CS(=O)(=O)N2CCc3cnccc32)C1. The molecular formula is C13H18N2O4S2. The highest BCUT2D eigenvalue weighted by atomic mass is 32.2. The number of hydrogen-bond donors (Lipinski definition) is 0. The van der Waals surface area contributed by atoms with E-state index in [0.717, 1.165) is 5.56 Å². The fraction of sp³-hybridized carbons (Fsp3) is 0.615. The first-order chi connectivity index (χ1) is 9.87. The van der Waals surface area contributed by atoms with E-state index in [1.165, 1.54) is 4.31 Å². The van der Waals surface area contributed by atoms with E-state index in [4.69, 9.17) is 0 Å². The van der Waals surface area contributed by atoms with Gasteiger partial charge in [-0.15, -0.1) is 0 Å². The second-order valence-electron chi connectivity index (χ2n) is 5.73. The Morgan fingerprint density at radius 2 is 2.19 bits per heavy atom. The fourth-order valence-corrected chi connectivity index (χ4v) is 6.96. The van der Waals surface area contributed by atoms with Crippen LogP contribution < -0.4 is 4.31 Å². The van der Waals surface area contributed by atoms with Gasteiger partial charge >= 0.3 is 0 Å². The van der Waals surface area contributed by atoms with Crippen molar-refractivity contribution in [3.63, 3.8) is 0 Å². The van der Waals surface area contributed by atoms with Crippen molar-refractivity contribution in [1.29, 1.82) is 0 Å². The second-order valence-corrected chi connectivity index (χ2v) is 9.89. The van der Waals surface area contributed by atoms with Gasteiger partial charge in [-0.1, -0.05) is 0 Å². The molecule has 1 atom stereocenters. The average molecular weight is 330 g/mol. The first-order valence-corrected chi connectivity index (χ1v) is 10.4. The van der Waals surface area contributed by atoms with Crippen LogP contribution in [0.4, 0.5) is 5.69 Å². The van der Waals surface area contributed by atoms with E-state index in [1.54, 1.807) is 18.5 Å². The molecule has 6 nitrogen and oxygen atoms in total. The molecule has 1 aromatic heterocycles. The maximum absolute atomic E-state index is 12.6. The maximum Gasteiger partial charge on any atom is 0.235 e. The molecule has 3 heterocycles. The molecule has 3 rings (SSSR count). The van der Waals surface area contributed by atoms with E-state index in [0.29, 0.717) is 31.5 Å². The molecule has 1 aromatic rings. The first-order valence-electron chi connectivity index (χ1n) is 7.01. The van der Waals surface area contributed by atoms with E-state index in [2.05, 4.69) is 4.98 Å². The Hall–Kier alpha value is -1.15. The summed E-state index contributed by atoms with van der Waals surface area (Å²) in [5, 5.41) is 0. The smallest absolute Gasteiger partial charge is 0.235 e. The van der Waals surface area contributed by atoms with Crippen LogP contribution in [0.25, 0.3) is 0 Å². The topological polar surface area (TPSA) is 84.4 Å². The summed E-state index contributed by atoms with van der Waals surface area (Å²) in [6.45, 7) is 0.419. The third-order valence-electron chi connectivity index (χ3n) is 4.07. The van der Waals surface area contributed by atoms with Crippen molar-refractivity contribution in [3.05, 3.63) is 24.0 Å². The van der Waals surface area contributed by atoms with E-state index in [1.807, 2.05) is 0 Å². The van der Waals surface area contributed by atoms with Gasteiger partial charge < -0.3 is 0 Å². The van der Waals surface area contributed by atoms with Crippen molar-refractivity contribution in [3.8, 4) is 0 Å². The Morgan fingerprint density at radius 1 is 1.38 bits per heavy atom. The molecule has 2 aliphatic heterocycles. The zero-order valence-electron chi connectivity index (χ0n) is 11.6. The van der Waals surface area contributed by atoms with Gasteiger partial charge in [-0.05, 0) is 36.8 Å². The Labute approximate surface area is 125 Å². The van der Waals surface area contributed by atoms with E-state index >= 15 is 0 Å². The van der Waals surface area contributed by atoms with Gasteiger partial charge in [0, 0.05) is 18.9 Å². The minimum atomic E-state index is -3.48. The molecule has 1 fully saturated rings. The van der Waals surface area contributed by atoms with Gasteiger partial charge in [-0.3, -0.25) is 9.29 Å². The van der Waals surface area contributed by atoms with Crippen LogP contribution in [0.2, 0.25) is 0 Å². The van der Waals surface area contributed by atoms with E-state index in [9.17, 15) is 16.8 Å². The average Bonchev–Trinajstić information content (AvgIpc) is 2.81. The zero-order chi connectivity index (χ0) is 15.1. The van der Waals surface area contributed by atoms with E-state index < -0.39 is 19.9 Å². The van der Waals surface area contributed by atoms with Crippen molar-refractivity contribution in [2.75, 3.05) is 28.1 Å². The molecule has 0 bridgehead atoms. The lowest BCUT2D eigenvalue weighted by molar-refractivity contribution is 0.507. The van der Waals surface area contributed by atoms with Crippen molar-refractivity contribution < 1.29 is 16.8 Å². The number of pyridine rings is 1. The Bertz CT molecular complexity index is 743. The standard InChI is InChI=1S/C13H18N2O4S2/c16-20(17)7-1-2-11(9-20)10-21(18,19)15-6-4-12-8-14-5-3-13(12)15/h3,5,8,11H,1-2,4,6-7,9-10H2. The van der Waals surface area contributed by atoms with Gasteiger partial charge in [0.2, 0.25) is 10.0 Å². The summed E-state index contributed by atoms with van der Waals surface area (Å²) in [6.07, 6.45) is 5.15. The maximum atomic E-state index is 12.6. The number of hydrogen-bond acceptors (Lipinski definition) is 5. The summed E-state index contributed by atoms with van der Waals surface area (Å²) in [4.78, 5) is 4.01. The number of aromatic nitrogens is 1. The molecule has 21 heavy (non-hydrogen) atoms. The van der Waals surface area contributed by atoms with Crippen LogP contribution in [0.3, 0.4) is 0 Å². The lowest BCUT2D eigenvalue weighted by Gasteiger charge is -2.25. The lowest BCUT2D eigenvalue weighted by Crippen LogP contribution is -2.37. The minimum absolute atomic E-state index is 0.0106. The highest BCUT2D eigenvalue weighted by Gasteiger charge is 2.34. The molecule has 0 amide bonds. The quantitative estimate of drug-likeness (QED) is 0.810. The van der Waals surface area contributed by atoms with Gasteiger partial charge in [-0.25, -0.2) is 16.8 Å². The summed E-state index contributed by atoms with van der Waals surface area (Å²) < 4.78 is 49.9. The Kier molecular flexibility index (Phi) is 3.69. The van der Waals surface area contributed by atoms with Crippen LogP contribution in [0.15, 0.2) is 18.5 Å². The van der Waals surface area contributed by atoms with Crippen LogP contribution in [-0.2, 0) is 26.3 Å². The van der Waals surface area contributed by atoms with Crippen molar-refractivity contribution >= 4 is 25.5 Å². The molecule has 0 saturated carbocycles. The summed E-state index contributed by atoms with van der Waals surface area (Å²) in [5.41, 5.74) is 1.61. The molecular weight excluding hydrogens is 312 g/mol. The number of sulfone groups is 1. The van der Waals surface area contributed by atoms with Gasteiger partial charge in [0.25, 0.3) is 0 Å². The monoisotopic (exact) mass is 330 g/mol. The summed E-state index contributed by atoms with van der Waals surface area (Å²) in [6, 6.07) is 1.71. The second kappa shape index (κ2) is 5.24. The largest absolute Gasteiger partial charge is 0.270 e. The van der Waals surface area contributed by atoms with Gasteiger partial charge in [0.1, 0.15) is 0 Å². The highest BCUT2D eigenvalue weighted by molar-refractivity contribution is 7.93. The third-order valence-corrected chi connectivity index (χ3v) is 7.90. The van der Waals surface area contributed by atoms with Crippen LogP contribution in [-0.4, -0.2) is 45.6 Å². The van der Waals surface area contributed by atoms with Crippen molar-refractivity contribution in [1.82, 2.24) is 4.98 Å². The molecule has 0 aliphatic carbocycles. The number of fused-ring (bicyclic) bond motifs is 1. The fourth-order valence-electron chi connectivity index (χ4n) is 3.12. The predicted octanol–water partition coefficient (Wildman–Crippen LogP) is 0.599. The number of sulfonamides is 1. The van der Waals surface area contributed by atoms with Crippen molar-refractivity contribution in [2.45, 2.75) is 19.3 Å². The molecule has 1 saturated heterocycles. The van der Waals surface area contributed by atoms with Crippen LogP contribution >= 0.6 is 0 Å². The minimum Gasteiger partial charge on any atom is -0.270 e. The number of anilines is 1. The zero-order valence-corrected chi connectivity index (χ0v) is 13.2.